The van der Waals surface area contributed by atoms with Crippen LogP contribution >= 0.6 is 22.9 Å². The molecule has 35 heavy (non-hydrogen) atoms. The van der Waals surface area contributed by atoms with E-state index in [1.54, 1.807) is 48.9 Å². The molecule has 0 radical (unpaired) electrons. The summed E-state index contributed by atoms with van der Waals surface area (Å²) in [4.78, 5) is 28.6. The lowest BCUT2D eigenvalue weighted by Gasteiger charge is -2.12. The molecule has 0 aliphatic rings. The van der Waals surface area contributed by atoms with Crippen LogP contribution < -0.4 is 11.1 Å². The second-order valence-electron chi connectivity index (χ2n) is 7.78. The number of hydrogen-bond donors (Lipinski definition) is 2. The van der Waals surface area contributed by atoms with E-state index in [4.69, 9.17) is 17.3 Å². The third kappa shape index (κ3) is 4.87. The van der Waals surface area contributed by atoms with E-state index in [-0.39, 0.29) is 39.3 Å². The van der Waals surface area contributed by atoms with Crippen molar-refractivity contribution < 1.29 is 22.8 Å². The van der Waals surface area contributed by atoms with E-state index in [1.807, 2.05) is 0 Å². The lowest BCUT2D eigenvalue weighted by atomic mass is 10.0. The molecule has 0 unspecified atom stereocenters. The minimum absolute atomic E-state index is 0.0252. The largest absolute Gasteiger partial charge is 0.433 e. The molecular weight excluding hydrogens is 503 g/mol. The van der Waals surface area contributed by atoms with E-state index >= 15 is 0 Å². The first-order chi connectivity index (χ1) is 16.5. The molecule has 0 spiro atoms. The Morgan fingerprint density at radius 2 is 1.89 bits per heavy atom. The number of benzene rings is 1. The standard InChI is InChI=1S/C23H19ClF3N5O2S/c1-11-18(24)12(2)32(31-11)9-8-16(33)30-19-17-14(13-6-4-3-5-7-13)10-15(23(25,26)27)29-22(17)35-20(19)21(28)34/h3-7,10H,8-9H2,1-2H3,(H2,28,34)(H,30,33). The lowest BCUT2D eigenvalue weighted by Crippen LogP contribution is -2.18. The van der Waals surface area contributed by atoms with Gasteiger partial charge in [-0.05, 0) is 31.0 Å². The summed E-state index contributed by atoms with van der Waals surface area (Å²) in [6, 6.07) is 9.25. The Kier molecular flexibility index (Phi) is 6.56. The third-order valence-corrected chi connectivity index (χ3v) is 7.01. The van der Waals surface area contributed by atoms with E-state index in [0.717, 1.165) is 6.07 Å². The molecule has 4 aromatic rings. The van der Waals surface area contributed by atoms with Crippen LogP contribution in [-0.2, 0) is 17.5 Å². The van der Waals surface area contributed by atoms with Crippen LogP contribution in [0.3, 0.4) is 0 Å². The second kappa shape index (κ2) is 9.31. The molecule has 0 atom stereocenters. The average Bonchev–Trinajstić information content (AvgIpc) is 3.29. The van der Waals surface area contributed by atoms with Crippen LogP contribution in [0.5, 0.6) is 0 Å². The normalized spacial score (nSPS) is 11.7. The number of thiophene rings is 1. The maximum absolute atomic E-state index is 13.6. The number of hydrogen-bond acceptors (Lipinski definition) is 5. The number of rotatable bonds is 6. The summed E-state index contributed by atoms with van der Waals surface area (Å²) < 4.78 is 42.3. The van der Waals surface area contributed by atoms with Gasteiger partial charge in [0.25, 0.3) is 5.91 Å². The number of aryl methyl sites for hydroxylation is 2. The number of anilines is 1. The first-order valence-corrected chi connectivity index (χ1v) is 11.6. The number of nitrogens with two attached hydrogens (primary N) is 1. The maximum Gasteiger partial charge on any atom is 0.433 e. The fourth-order valence-electron chi connectivity index (χ4n) is 3.68. The Labute approximate surface area is 206 Å². The molecule has 12 heteroatoms. The van der Waals surface area contributed by atoms with Crippen molar-refractivity contribution in [3.05, 3.63) is 63.4 Å². The highest BCUT2D eigenvalue weighted by Gasteiger charge is 2.35. The number of alkyl halides is 3. The van der Waals surface area contributed by atoms with Gasteiger partial charge in [0, 0.05) is 11.8 Å². The molecular formula is C23H19ClF3N5O2S. The molecule has 0 aliphatic carbocycles. The number of nitrogens with one attached hydrogen (secondary N) is 1. The van der Waals surface area contributed by atoms with Gasteiger partial charge in [-0.1, -0.05) is 41.9 Å². The Balaban J connectivity index is 1.79. The second-order valence-corrected chi connectivity index (χ2v) is 9.15. The predicted octanol–water partition coefficient (Wildman–Crippen LogP) is 5.58. The van der Waals surface area contributed by atoms with Crippen molar-refractivity contribution in [3.8, 4) is 11.1 Å². The zero-order valence-electron chi connectivity index (χ0n) is 18.5. The first-order valence-electron chi connectivity index (χ1n) is 10.4. The van der Waals surface area contributed by atoms with Crippen molar-refractivity contribution in [2.24, 2.45) is 5.73 Å². The highest BCUT2D eigenvalue weighted by molar-refractivity contribution is 7.21. The third-order valence-electron chi connectivity index (χ3n) is 5.37. The fourth-order valence-corrected chi connectivity index (χ4v) is 4.83. The minimum atomic E-state index is -4.71. The smallest absolute Gasteiger partial charge is 0.365 e. The van der Waals surface area contributed by atoms with Crippen LogP contribution in [0.1, 0.15) is 33.2 Å². The monoisotopic (exact) mass is 521 g/mol. The van der Waals surface area contributed by atoms with Gasteiger partial charge in [0.1, 0.15) is 15.4 Å². The molecule has 0 bridgehead atoms. The van der Waals surface area contributed by atoms with Gasteiger partial charge >= 0.3 is 6.18 Å². The predicted molar refractivity (Wildman–Crippen MR) is 129 cm³/mol. The van der Waals surface area contributed by atoms with Gasteiger partial charge in [-0.15, -0.1) is 11.3 Å². The molecule has 0 saturated heterocycles. The van der Waals surface area contributed by atoms with Gasteiger partial charge in [0.15, 0.2) is 0 Å². The van der Waals surface area contributed by atoms with Gasteiger partial charge < -0.3 is 11.1 Å². The highest BCUT2D eigenvalue weighted by Crippen LogP contribution is 2.43. The van der Waals surface area contributed by atoms with Crippen LogP contribution in [0, 0.1) is 13.8 Å². The van der Waals surface area contributed by atoms with E-state index in [2.05, 4.69) is 15.4 Å². The number of halogens is 4. The summed E-state index contributed by atoms with van der Waals surface area (Å²) >= 11 is 6.85. The summed E-state index contributed by atoms with van der Waals surface area (Å²) in [6.07, 6.45) is -4.73. The van der Waals surface area contributed by atoms with Crippen LogP contribution in [0.15, 0.2) is 36.4 Å². The van der Waals surface area contributed by atoms with E-state index in [0.29, 0.717) is 33.3 Å². The number of carbonyl (C=O) groups excluding carboxylic acids is 2. The highest BCUT2D eigenvalue weighted by atomic mass is 35.5. The first kappa shape index (κ1) is 24.7. The topological polar surface area (TPSA) is 103 Å². The Bertz CT molecular complexity index is 1450. The fraction of sp³-hybridized carbons (Fsp3) is 0.217. The van der Waals surface area contributed by atoms with Gasteiger partial charge in [0.2, 0.25) is 5.91 Å². The number of amides is 2. The van der Waals surface area contributed by atoms with Crippen molar-refractivity contribution in [3.63, 3.8) is 0 Å². The average molecular weight is 522 g/mol. The van der Waals surface area contributed by atoms with E-state index in [9.17, 15) is 22.8 Å². The van der Waals surface area contributed by atoms with Crippen molar-refractivity contribution in [2.75, 3.05) is 5.32 Å². The zero-order chi connectivity index (χ0) is 25.5. The molecule has 182 valence electrons. The number of carbonyl (C=O) groups is 2. The van der Waals surface area contributed by atoms with Crippen molar-refractivity contribution in [1.82, 2.24) is 14.8 Å². The molecule has 3 aromatic heterocycles. The summed E-state index contributed by atoms with van der Waals surface area (Å²) in [5.74, 6) is -1.36. The van der Waals surface area contributed by atoms with Gasteiger partial charge in [-0.2, -0.15) is 18.3 Å². The summed E-state index contributed by atoms with van der Waals surface area (Å²) in [5.41, 5.74) is 6.40. The van der Waals surface area contributed by atoms with Crippen LogP contribution in [0.2, 0.25) is 5.02 Å². The van der Waals surface area contributed by atoms with Gasteiger partial charge in [-0.3, -0.25) is 14.3 Å². The quantitative estimate of drug-likeness (QED) is 0.346. The molecule has 2 amide bonds. The molecule has 1 aromatic carbocycles. The minimum Gasteiger partial charge on any atom is -0.365 e. The summed E-state index contributed by atoms with van der Waals surface area (Å²) in [6.45, 7) is 3.73. The molecule has 3 N–H and O–H groups in total. The summed E-state index contributed by atoms with van der Waals surface area (Å²) in [5, 5.41) is 7.66. The summed E-state index contributed by atoms with van der Waals surface area (Å²) in [7, 11) is 0. The van der Waals surface area contributed by atoms with Crippen molar-refractivity contribution in [2.45, 2.75) is 33.0 Å². The number of aromatic nitrogens is 3. The Morgan fingerprint density at radius 1 is 1.20 bits per heavy atom. The van der Waals surface area contributed by atoms with Crippen LogP contribution in [0.4, 0.5) is 18.9 Å². The van der Waals surface area contributed by atoms with Gasteiger partial charge in [-0.25, -0.2) is 4.98 Å². The lowest BCUT2D eigenvalue weighted by molar-refractivity contribution is -0.140. The van der Waals surface area contributed by atoms with Crippen molar-refractivity contribution in [1.29, 1.82) is 0 Å². The number of pyridine rings is 1. The number of primary amides is 1. The van der Waals surface area contributed by atoms with Gasteiger partial charge in [0.05, 0.1) is 28.6 Å². The molecule has 3 heterocycles. The molecule has 0 aliphatic heterocycles. The zero-order valence-corrected chi connectivity index (χ0v) is 20.1. The number of nitrogens with zero attached hydrogens (tertiary/aromatic N) is 3. The molecule has 4 rings (SSSR count). The molecule has 0 saturated carbocycles. The Hall–Kier alpha value is -3.44. The number of fused-ring (bicyclic) bond motifs is 1. The maximum atomic E-state index is 13.6. The molecule has 7 nitrogen and oxygen atoms in total. The van der Waals surface area contributed by atoms with Crippen LogP contribution in [0.25, 0.3) is 21.3 Å². The SMILES string of the molecule is Cc1nn(CCC(=O)Nc2c(C(N)=O)sc3nc(C(F)(F)F)cc(-c4ccccc4)c23)c(C)c1Cl. The van der Waals surface area contributed by atoms with Crippen LogP contribution in [-0.4, -0.2) is 26.6 Å². The van der Waals surface area contributed by atoms with E-state index < -0.39 is 23.7 Å². The Morgan fingerprint density at radius 3 is 2.46 bits per heavy atom. The van der Waals surface area contributed by atoms with Crippen molar-refractivity contribution >= 4 is 50.7 Å². The molecule has 0 fully saturated rings. The van der Waals surface area contributed by atoms with E-state index in [1.165, 1.54) is 0 Å².